The van der Waals surface area contributed by atoms with Crippen LogP contribution in [0.3, 0.4) is 0 Å². The Balaban J connectivity index is 1.83. The average Bonchev–Trinajstić information content (AvgIpc) is 2.99. The third kappa shape index (κ3) is 1.24. The molecule has 1 aliphatic heterocycles. The molecule has 2 bridgehead atoms. The lowest BCUT2D eigenvalue weighted by molar-refractivity contribution is -0.149. The van der Waals surface area contributed by atoms with E-state index in [1.54, 1.807) is 0 Å². The molecule has 3 fully saturated rings. The number of fused-ring (bicyclic) bond motifs is 2. The summed E-state index contributed by atoms with van der Waals surface area (Å²) in [6.07, 6.45) is 4.58. The second kappa shape index (κ2) is 2.95. The fourth-order valence-electron chi connectivity index (χ4n) is 3.43. The first-order valence-corrected chi connectivity index (χ1v) is 5.88. The molecule has 1 saturated heterocycles. The van der Waals surface area contributed by atoms with Crippen LogP contribution in [0.5, 0.6) is 0 Å². The number of carbonyl (C=O) groups is 1. The smallest absolute Gasteiger partial charge is 0.324 e. The van der Waals surface area contributed by atoms with Crippen LogP contribution in [-0.4, -0.2) is 40.6 Å². The van der Waals surface area contributed by atoms with E-state index < -0.39 is 11.5 Å². The van der Waals surface area contributed by atoms with Crippen LogP contribution >= 0.6 is 0 Å². The van der Waals surface area contributed by atoms with Gasteiger partial charge in [0.05, 0.1) is 0 Å². The topological polar surface area (TPSA) is 66.6 Å². The number of piperidine rings is 1. The van der Waals surface area contributed by atoms with Crippen LogP contribution < -0.4 is 5.73 Å². The van der Waals surface area contributed by atoms with E-state index in [1.807, 2.05) is 0 Å². The minimum absolute atomic E-state index is 0.175. The Kier molecular flexibility index (Phi) is 1.89. The Hall–Kier alpha value is -0.610. The van der Waals surface area contributed by atoms with E-state index in [9.17, 15) is 9.90 Å². The standard InChI is InChI=1S/C11H18N2O2/c12-11(10(14)15)7-1-2-8(11)6-13(5-7)9-3-4-9/h7-9H,1-6,12H2,(H,14,15). The number of hydrogen-bond acceptors (Lipinski definition) is 3. The summed E-state index contributed by atoms with van der Waals surface area (Å²) in [4.78, 5) is 13.8. The molecule has 2 unspecified atom stereocenters. The molecule has 4 nitrogen and oxygen atoms in total. The molecule has 1 heterocycles. The van der Waals surface area contributed by atoms with E-state index in [2.05, 4.69) is 4.90 Å². The third-order valence-electron chi connectivity index (χ3n) is 4.56. The van der Waals surface area contributed by atoms with E-state index in [0.717, 1.165) is 32.0 Å². The van der Waals surface area contributed by atoms with Crippen molar-refractivity contribution in [2.75, 3.05) is 13.1 Å². The quantitative estimate of drug-likeness (QED) is 0.686. The van der Waals surface area contributed by atoms with E-state index >= 15 is 0 Å². The minimum atomic E-state index is -0.925. The molecule has 3 aliphatic rings. The summed E-state index contributed by atoms with van der Waals surface area (Å²) in [5.41, 5.74) is 5.18. The number of aliphatic carboxylic acids is 1. The van der Waals surface area contributed by atoms with E-state index in [0.29, 0.717) is 0 Å². The maximum absolute atomic E-state index is 11.3. The van der Waals surface area contributed by atoms with Gasteiger partial charge in [0.2, 0.25) is 0 Å². The minimum Gasteiger partial charge on any atom is -0.480 e. The SMILES string of the molecule is NC1(C(=O)O)C2CCC1CN(C1CC1)C2. The fraction of sp³-hybridized carbons (Fsp3) is 0.909. The summed E-state index contributed by atoms with van der Waals surface area (Å²) in [5, 5.41) is 9.28. The number of hydrogen-bond donors (Lipinski definition) is 2. The Morgan fingerprint density at radius 1 is 1.20 bits per heavy atom. The lowest BCUT2D eigenvalue weighted by Crippen LogP contribution is -2.64. The highest BCUT2D eigenvalue weighted by Crippen LogP contribution is 2.46. The molecular weight excluding hydrogens is 192 g/mol. The van der Waals surface area contributed by atoms with Gasteiger partial charge >= 0.3 is 5.97 Å². The molecule has 0 radical (unpaired) electrons. The van der Waals surface area contributed by atoms with Gasteiger partial charge in [0.15, 0.2) is 0 Å². The Morgan fingerprint density at radius 3 is 2.13 bits per heavy atom. The normalized spacial score (nSPS) is 45.7. The number of nitrogens with two attached hydrogens (primary N) is 1. The molecule has 0 aromatic heterocycles. The van der Waals surface area contributed by atoms with Gasteiger partial charge in [-0.2, -0.15) is 0 Å². The molecule has 0 spiro atoms. The van der Waals surface area contributed by atoms with Crippen LogP contribution in [0.1, 0.15) is 25.7 Å². The summed E-state index contributed by atoms with van der Waals surface area (Å²) in [7, 11) is 0. The fourth-order valence-corrected chi connectivity index (χ4v) is 3.43. The van der Waals surface area contributed by atoms with Gasteiger partial charge in [0.1, 0.15) is 5.54 Å². The first kappa shape index (κ1) is 9.60. The Morgan fingerprint density at radius 2 is 1.73 bits per heavy atom. The lowest BCUT2D eigenvalue weighted by Gasteiger charge is -2.42. The molecule has 0 aromatic rings. The van der Waals surface area contributed by atoms with Gasteiger partial charge in [-0.05, 0) is 25.7 Å². The summed E-state index contributed by atoms with van der Waals surface area (Å²) < 4.78 is 0. The van der Waals surface area contributed by atoms with Gasteiger partial charge in [0.25, 0.3) is 0 Å². The van der Waals surface area contributed by atoms with Crippen LogP contribution in [-0.2, 0) is 4.79 Å². The Labute approximate surface area is 89.4 Å². The summed E-state index contributed by atoms with van der Waals surface area (Å²) in [5.74, 6) is -0.436. The highest BCUT2D eigenvalue weighted by molar-refractivity contribution is 5.80. The van der Waals surface area contributed by atoms with E-state index in [-0.39, 0.29) is 11.8 Å². The van der Waals surface area contributed by atoms with Crippen LogP contribution in [0.4, 0.5) is 0 Å². The van der Waals surface area contributed by atoms with Crippen LogP contribution in [0, 0.1) is 11.8 Å². The van der Waals surface area contributed by atoms with E-state index in [1.165, 1.54) is 12.8 Å². The number of likely N-dealkylation sites (tertiary alicyclic amines) is 1. The molecule has 2 aliphatic carbocycles. The van der Waals surface area contributed by atoms with Gasteiger partial charge in [-0.3, -0.25) is 9.69 Å². The monoisotopic (exact) mass is 210 g/mol. The largest absolute Gasteiger partial charge is 0.480 e. The third-order valence-corrected chi connectivity index (χ3v) is 4.56. The second-order valence-corrected chi connectivity index (χ2v) is 5.39. The van der Waals surface area contributed by atoms with Gasteiger partial charge in [-0.15, -0.1) is 0 Å². The number of nitrogens with zero attached hydrogens (tertiary/aromatic N) is 1. The van der Waals surface area contributed by atoms with Crippen molar-refractivity contribution < 1.29 is 9.90 Å². The molecule has 0 amide bonds. The lowest BCUT2D eigenvalue weighted by atomic mass is 9.78. The molecule has 84 valence electrons. The molecule has 3 N–H and O–H groups in total. The predicted molar refractivity (Wildman–Crippen MR) is 55.4 cm³/mol. The van der Waals surface area contributed by atoms with Crippen molar-refractivity contribution in [1.82, 2.24) is 4.90 Å². The average molecular weight is 210 g/mol. The molecule has 4 heteroatoms. The van der Waals surface area contributed by atoms with Gasteiger partial charge in [-0.25, -0.2) is 0 Å². The number of rotatable bonds is 2. The van der Waals surface area contributed by atoms with Gasteiger partial charge in [-0.1, -0.05) is 0 Å². The van der Waals surface area contributed by atoms with Crippen LogP contribution in [0.2, 0.25) is 0 Å². The van der Waals surface area contributed by atoms with Gasteiger partial charge in [0, 0.05) is 31.0 Å². The zero-order valence-corrected chi connectivity index (χ0v) is 8.85. The highest BCUT2D eigenvalue weighted by atomic mass is 16.4. The van der Waals surface area contributed by atoms with Crippen LogP contribution in [0.15, 0.2) is 0 Å². The molecule has 2 atom stereocenters. The maximum atomic E-state index is 11.3. The van der Waals surface area contributed by atoms with Crippen molar-refractivity contribution in [3.05, 3.63) is 0 Å². The molecule has 0 aromatic carbocycles. The van der Waals surface area contributed by atoms with Crippen LogP contribution in [0.25, 0.3) is 0 Å². The van der Waals surface area contributed by atoms with Crippen molar-refractivity contribution in [2.45, 2.75) is 37.3 Å². The summed E-state index contributed by atoms with van der Waals surface area (Å²) >= 11 is 0. The zero-order valence-electron chi connectivity index (χ0n) is 8.85. The van der Waals surface area contributed by atoms with Crippen molar-refractivity contribution in [3.63, 3.8) is 0 Å². The maximum Gasteiger partial charge on any atom is 0.324 e. The summed E-state index contributed by atoms with van der Waals surface area (Å²) in [6, 6.07) is 0.742. The molecule has 2 saturated carbocycles. The Bertz CT molecular complexity index is 287. The van der Waals surface area contributed by atoms with Crippen molar-refractivity contribution in [1.29, 1.82) is 0 Å². The van der Waals surface area contributed by atoms with Crippen molar-refractivity contribution in [2.24, 2.45) is 17.6 Å². The second-order valence-electron chi connectivity index (χ2n) is 5.39. The first-order valence-electron chi connectivity index (χ1n) is 5.88. The molecule has 15 heavy (non-hydrogen) atoms. The number of carboxylic acids is 1. The summed E-state index contributed by atoms with van der Waals surface area (Å²) in [6.45, 7) is 1.81. The number of carboxylic acid groups (broad SMARTS) is 1. The molecular formula is C11H18N2O2. The highest BCUT2D eigenvalue weighted by Gasteiger charge is 2.57. The van der Waals surface area contributed by atoms with Gasteiger partial charge < -0.3 is 10.8 Å². The van der Waals surface area contributed by atoms with E-state index in [4.69, 9.17) is 5.73 Å². The van der Waals surface area contributed by atoms with Crippen molar-refractivity contribution in [3.8, 4) is 0 Å². The zero-order chi connectivity index (χ0) is 10.6. The predicted octanol–water partition coefficient (Wildman–Crippen LogP) is 0.273. The molecule has 3 rings (SSSR count). The van der Waals surface area contributed by atoms with Crippen molar-refractivity contribution >= 4 is 5.97 Å². The first-order chi connectivity index (χ1) is 7.12.